The Labute approximate surface area is 106 Å². The van der Waals surface area contributed by atoms with E-state index in [0.29, 0.717) is 11.8 Å². The van der Waals surface area contributed by atoms with Crippen LogP contribution in [-0.2, 0) is 0 Å². The van der Waals surface area contributed by atoms with E-state index in [1.165, 1.54) is 32.1 Å². The van der Waals surface area contributed by atoms with Crippen molar-refractivity contribution >= 4 is 5.71 Å². The van der Waals surface area contributed by atoms with Gasteiger partial charge in [-0.15, -0.1) is 0 Å². The van der Waals surface area contributed by atoms with E-state index in [2.05, 4.69) is 17.6 Å². The van der Waals surface area contributed by atoms with Crippen LogP contribution in [-0.4, -0.2) is 24.3 Å². The van der Waals surface area contributed by atoms with Crippen molar-refractivity contribution in [3.8, 4) is 0 Å². The molecular weight excluding hydrogens is 210 g/mol. The molecule has 1 aliphatic carbocycles. The first-order chi connectivity index (χ1) is 8.13. The smallest absolute Gasteiger partial charge is 0.0326 e. The molecule has 1 rings (SSSR count). The van der Waals surface area contributed by atoms with Gasteiger partial charge in [-0.2, -0.15) is 0 Å². The van der Waals surface area contributed by atoms with Crippen LogP contribution in [0.3, 0.4) is 0 Å². The molecule has 0 radical (unpaired) electrons. The minimum absolute atomic E-state index is 0.601. The summed E-state index contributed by atoms with van der Waals surface area (Å²) in [7, 11) is 0. The summed E-state index contributed by atoms with van der Waals surface area (Å²) in [6, 6.07) is 1.33. The average Bonchev–Trinajstić information content (AvgIpc) is 2.34. The van der Waals surface area contributed by atoms with Crippen molar-refractivity contribution in [1.29, 1.82) is 5.41 Å². The standard InChI is InChI=1S/C14H27N3/c1-4-9-16-13-5-7-14(8-6-13)17-10-11(2)12(3)15/h10,13-17H,4-9H2,1-3H3/b11-10-,15-12?/t13-,14-. The predicted molar refractivity (Wildman–Crippen MR) is 74.6 cm³/mol. The van der Waals surface area contributed by atoms with Gasteiger partial charge >= 0.3 is 0 Å². The fraction of sp³-hybridized carbons (Fsp3) is 0.786. The van der Waals surface area contributed by atoms with Gasteiger partial charge in [0, 0.05) is 24.0 Å². The largest absolute Gasteiger partial charge is 0.388 e. The minimum Gasteiger partial charge on any atom is -0.388 e. The molecule has 0 bridgehead atoms. The minimum atomic E-state index is 0.601. The summed E-state index contributed by atoms with van der Waals surface area (Å²) in [4.78, 5) is 0. The molecular formula is C14H27N3. The second-order valence-electron chi connectivity index (χ2n) is 5.12. The molecule has 0 unspecified atom stereocenters. The van der Waals surface area contributed by atoms with Gasteiger partial charge in [-0.3, -0.25) is 0 Å². The van der Waals surface area contributed by atoms with Crippen LogP contribution >= 0.6 is 0 Å². The zero-order chi connectivity index (χ0) is 12.7. The van der Waals surface area contributed by atoms with E-state index in [9.17, 15) is 0 Å². The molecule has 0 aliphatic heterocycles. The van der Waals surface area contributed by atoms with Crippen molar-refractivity contribution in [1.82, 2.24) is 10.6 Å². The molecule has 3 nitrogen and oxygen atoms in total. The van der Waals surface area contributed by atoms with Gasteiger partial charge in [-0.25, -0.2) is 0 Å². The Bertz CT molecular complexity index is 263. The van der Waals surface area contributed by atoms with Crippen LogP contribution in [0.15, 0.2) is 11.8 Å². The van der Waals surface area contributed by atoms with Crippen LogP contribution in [0.2, 0.25) is 0 Å². The fourth-order valence-electron chi connectivity index (χ4n) is 2.16. The lowest BCUT2D eigenvalue weighted by atomic mass is 9.91. The van der Waals surface area contributed by atoms with Gasteiger partial charge in [-0.05, 0) is 58.1 Å². The second kappa shape index (κ2) is 7.49. The lowest BCUT2D eigenvalue weighted by Crippen LogP contribution is -2.38. The molecule has 3 heteroatoms. The first-order valence-electron chi connectivity index (χ1n) is 6.85. The summed E-state index contributed by atoms with van der Waals surface area (Å²) in [5, 5.41) is 14.6. The molecule has 98 valence electrons. The van der Waals surface area contributed by atoms with Crippen LogP contribution in [0.1, 0.15) is 52.9 Å². The number of rotatable bonds is 6. The van der Waals surface area contributed by atoms with E-state index in [1.54, 1.807) is 0 Å². The molecule has 3 N–H and O–H groups in total. The predicted octanol–water partition coefficient (Wildman–Crippen LogP) is 2.83. The Morgan fingerprint density at radius 2 is 1.76 bits per heavy atom. The van der Waals surface area contributed by atoms with E-state index in [4.69, 9.17) is 5.41 Å². The molecule has 1 aliphatic rings. The highest BCUT2D eigenvalue weighted by atomic mass is 14.9. The van der Waals surface area contributed by atoms with Crippen LogP contribution in [0, 0.1) is 5.41 Å². The van der Waals surface area contributed by atoms with E-state index < -0.39 is 0 Å². The number of allylic oxidation sites excluding steroid dienone is 1. The summed E-state index contributed by atoms with van der Waals surface area (Å²) in [6.45, 7) is 7.19. The maximum absolute atomic E-state index is 7.51. The van der Waals surface area contributed by atoms with Crippen molar-refractivity contribution in [2.24, 2.45) is 0 Å². The Hall–Kier alpha value is -0.830. The Morgan fingerprint density at radius 3 is 2.29 bits per heavy atom. The van der Waals surface area contributed by atoms with E-state index in [1.807, 2.05) is 20.0 Å². The quantitative estimate of drug-likeness (QED) is 0.622. The van der Waals surface area contributed by atoms with Gasteiger partial charge in [0.2, 0.25) is 0 Å². The summed E-state index contributed by atoms with van der Waals surface area (Å²) < 4.78 is 0. The molecule has 0 aromatic heterocycles. The highest BCUT2D eigenvalue weighted by Gasteiger charge is 2.19. The summed E-state index contributed by atoms with van der Waals surface area (Å²) >= 11 is 0. The van der Waals surface area contributed by atoms with Crippen LogP contribution < -0.4 is 10.6 Å². The lowest BCUT2D eigenvalue weighted by molar-refractivity contribution is 0.324. The molecule has 0 spiro atoms. The summed E-state index contributed by atoms with van der Waals surface area (Å²) in [5.41, 5.74) is 1.69. The van der Waals surface area contributed by atoms with Crippen LogP contribution in [0.5, 0.6) is 0 Å². The summed E-state index contributed by atoms with van der Waals surface area (Å²) in [6.07, 6.45) is 8.25. The van der Waals surface area contributed by atoms with Gasteiger partial charge in [0.1, 0.15) is 0 Å². The van der Waals surface area contributed by atoms with Crippen LogP contribution in [0.4, 0.5) is 0 Å². The molecule has 0 saturated heterocycles. The van der Waals surface area contributed by atoms with E-state index in [0.717, 1.165) is 18.2 Å². The Balaban J connectivity index is 2.23. The van der Waals surface area contributed by atoms with E-state index in [-0.39, 0.29) is 0 Å². The lowest BCUT2D eigenvalue weighted by Gasteiger charge is -2.29. The fourth-order valence-corrected chi connectivity index (χ4v) is 2.16. The second-order valence-corrected chi connectivity index (χ2v) is 5.12. The van der Waals surface area contributed by atoms with Crippen molar-refractivity contribution in [2.75, 3.05) is 6.54 Å². The molecule has 1 fully saturated rings. The molecule has 0 heterocycles. The number of hydrogen-bond acceptors (Lipinski definition) is 3. The molecule has 0 aromatic carbocycles. The van der Waals surface area contributed by atoms with Gasteiger partial charge in [0.25, 0.3) is 0 Å². The molecule has 0 atom stereocenters. The molecule has 0 amide bonds. The van der Waals surface area contributed by atoms with Crippen molar-refractivity contribution in [3.63, 3.8) is 0 Å². The average molecular weight is 237 g/mol. The third-order valence-corrected chi connectivity index (χ3v) is 3.54. The van der Waals surface area contributed by atoms with Gasteiger partial charge in [-0.1, -0.05) is 6.92 Å². The summed E-state index contributed by atoms with van der Waals surface area (Å²) in [5.74, 6) is 0. The Kier molecular flexibility index (Phi) is 6.27. The van der Waals surface area contributed by atoms with E-state index >= 15 is 0 Å². The van der Waals surface area contributed by atoms with Crippen LogP contribution in [0.25, 0.3) is 0 Å². The normalized spacial score (nSPS) is 25.7. The number of nitrogens with one attached hydrogen (secondary N) is 3. The maximum atomic E-state index is 7.51. The molecule has 1 saturated carbocycles. The van der Waals surface area contributed by atoms with Gasteiger partial charge in [0.05, 0.1) is 0 Å². The maximum Gasteiger partial charge on any atom is 0.0326 e. The first kappa shape index (κ1) is 14.2. The van der Waals surface area contributed by atoms with Gasteiger partial charge < -0.3 is 16.0 Å². The monoisotopic (exact) mass is 237 g/mol. The molecule has 0 aromatic rings. The topological polar surface area (TPSA) is 47.9 Å². The van der Waals surface area contributed by atoms with Gasteiger partial charge in [0.15, 0.2) is 0 Å². The van der Waals surface area contributed by atoms with Crippen molar-refractivity contribution < 1.29 is 0 Å². The highest BCUT2D eigenvalue weighted by Crippen LogP contribution is 2.18. The third-order valence-electron chi connectivity index (χ3n) is 3.54. The Morgan fingerprint density at radius 1 is 1.18 bits per heavy atom. The SMILES string of the molecule is CCCN[C@H]1CC[C@H](N/C=C(/C)C(C)=N)CC1. The number of hydrogen-bond donors (Lipinski definition) is 3. The first-order valence-corrected chi connectivity index (χ1v) is 6.85. The molecule has 17 heavy (non-hydrogen) atoms. The zero-order valence-electron chi connectivity index (χ0n) is 11.5. The van der Waals surface area contributed by atoms with Crippen molar-refractivity contribution in [3.05, 3.63) is 11.8 Å². The zero-order valence-corrected chi connectivity index (χ0v) is 11.5. The third kappa shape index (κ3) is 5.35. The highest BCUT2D eigenvalue weighted by molar-refractivity contribution is 5.94. The van der Waals surface area contributed by atoms with Crippen molar-refractivity contribution in [2.45, 2.75) is 65.0 Å².